The second-order valence-corrected chi connectivity index (χ2v) is 8.49. The average Bonchev–Trinajstić information content (AvgIpc) is 2.56. The van der Waals surface area contributed by atoms with Gasteiger partial charge in [-0.3, -0.25) is 0 Å². The summed E-state index contributed by atoms with van der Waals surface area (Å²) >= 11 is -0.470. The number of hydrogen-bond acceptors (Lipinski definition) is 1. The Kier molecular flexibility index (Phi) is 6.09. The molecular weight excluding hydrogens is 412 g/mol. The lowest BCUT2D eigenvalue weighted by molar-refractivity contribution is 0.383. The van der Waals surface area contributed by atoms with E-state index >= 15 is 0 Å². The first-order valence-corrected chi connectivity index (χ1v) is 8.93. The molecule has 0 N–H and O–H groups in total. The van der Waals surface area contributed by atoms with Gasteiger partial charge in [-0.05, 0) is 11.3 Å². The van der Waals surface area contributed by atoms with E-state index in [0.717, 1.165) is 0 Å². The highest BCUT2D eigenvalue weighted by Crippen LogP contribution is 2.42. The van der Waals surface area contributed by atoms with E-state index in [0.29, 0.717) is 0 Å². The number of halogens is 8. The van der Waals surface area contributed by atoms with Crippen LogP contribution in [0.5, 0.6) is 0 Å². The lowest BCUT2D eigenvalue weighted by Crippen LogP contribution is -2.19. The van der Waals surface area contributed by atoms with Crippen molar-refractivity contribution in [3.8, 4) is 0 Å². The highest BCUT2D eigenvalue weighted by Gasteiger charge is 2.34. The number of hydrogen-bond donors (Lipinski definition) is 0. The minimum absolute atomic E-state index is 0.470. The minimum Gasteiger partial charge on any atom is -0.203 e. The summed E-state index contributed by atoms with van der Waals surface area (Å²) in [5, 5.41) is 0. The third-order valence-electron chi connectivity index (χ3n) is 4.01. The van der Waals surface area contributed by atoms with Crippen molar-refractivity contribution >= 4 is 11.8 Å². The average molecular weight is 428 g/mol. The minimum atomic E-state index is -1.92. The molecule has 154 valence electrons. The summed E-state index contributed by atoms with van der Waals surface area (Å²) in [6.45, 7) is 6.46. The molecule has 2 aromatic rings. The van der Waals surface area contributed by atoms with Crippen molar-refractivity contribution in [2.45, 2.75) is 55.7 Å². The van der Waals surface area contributed by atoms with Crippen molar-refractivity contribution in [1.29, 1.82) is 0 Å². The zero-order valence-electron chi connectivity index (χ0n) is 15.5. The van der Waals surface area contributed by atoms with Crippen molar-refractivity contribution in [2.75, 3.05) is 0 Å². The Morgan fingerprint density at radius 2 is 0.893 bits per heavy atom. The molecule has 0 bridgehead atoms. The van der Waals surface area contributed by atoms with Crippen molar-refractivity contribution in [2.24, 2.45) is 0 Å². The number of benzene rings is 2. The molecule has 0 saturated heterocycles. The topological polar surface area (TPSA) is 0 Å². The zero-order valence-corrected chi connectivity index (χ0v) is 16.3. The standard InChI is InChI=1S/C19H16F8S/c1-6(2)7-9(20)13(24)17(14(25)10(7)21)28-18-15(26)11(22)8(19(3,4)5)12(23)16(18)27/h6H,1-5H3. The molecule has 0 aromatic heterocycles. The maximum absolute atomic E-state index is 14.4. The van der Waals surface area contributed by atoms with E-state index in [1.807, 2.05) is 0 Å². The summed E-state index contributed by atoms with van der Waals surface area (Å²) in [6.07, 6.45) is 0. The Labute approximate surface area is 160 Å². The number of rotatable bonds is 3. The van der Waals surface area contributed by atoms with E-state index in [1.54, 1.807) is 0 Å². The summed E-state index contributed by atoms with van der Waals surface area (Å²) in [7, 11) is 0. The predicted octanol–water partition coefficient (Wildman–Crippen LogP) is 7.37. The Bertz CT molecular complexity index is 886. The van der Waals surface area contributed by atoms with Gasteiger partial charge in [0.1, 0.15) is 0 Å². The molecule has 0 aliphatic carbocycles. The summed E-state index contributed by atoms with van der Waals surface area (Å²) < 4.78 is 114. The molecule has 0 atom stereocenters. The van der Waals surface area contributed by atoms with Crippen LogP contribution in [0.25, 0.3) is 0 Å². The fourth-order valence-corrected chi connectivity index (χ4v) is 3.61. The van der Waals surface area contributed by atoms with Crippen LogP contribution in [0.1, 0.15) is 51.7 Å². The Morgan fingerprint density at radius 3 is 1.18 bits per heavy atom. The first-order chi connectivity index (χ1) is 12.7. The monoisotopic (exact) mass is 428 g/mol. The Hall–Kier alpha value is -1.77. The molecule has 0 unspecified atom stereocenters. The molecule has 0 saturated carbocycles. The third-order valence-corrected chi connectivity index (χ3v) is 5.14. The van der Waals surface area contributed by atoms with Gasteiger partial charge in [0, 0.05) is 11.1 Å². The first kappa shape index (κ1) is 22.5. The summed E-state index contributed by atoms with van der Waals surface area (Å²) in [5.41, 5.74) is -3.12. The van der Waals surface area contributed by atoms with Crippen molar-refractivity contribution in [1.82, 2.24) is 0 Å². The van der Waals surface area contributed by atoms with Crippen LogP contribution in [0.4, 0.5) is 35.1 Å². The Morgan fingerprint density at radius 1 is 0.571 bits per heavy atom. The molecule has 0 radical (unpaired) electrons. The molecule has 0 heterocycles. The van der Waals surface area contributed by atoms with Crippen LogP contribution in [0.15, 0.2) is 9.79 Å². The van der Waals surface area contributed by atoms with Crippen molar-refractivity contribution in [3.63, 3.8) is 0 Å². The van der Waals surface area contributed by atoms with Gasteiger partial charge in [-0.25, -0.2) is 35.1 Å². The molecule has 2 aromatic carbocycles. The van der Waals surface area contributed by atoms with E-state index in [1.165, 1.54) is 34.6 Å². The molecule has 0 fully saturated rings. The van der Waals surface area contributed by atoms with Gasteiger partial charge in [-0.1, -0.05) is 46.4 Å². The molecule has 2 rings (SSSR count). The van der Waals surface area contributed by atoms with Crippen LogP contribution in [-0.2, 0) is 5.41 Å². The maximum Gasteiger partial charge on any atom is 0.176 e. The smallest absolute Gasteiger partial charge is 0.176 e. The normalized spacial score (nSPS) is 12.2. The van der Waals surface area contributed by atoms with Crippen molar-refractivity contribution < 1.29 is 35.1 Å². The lowest BCUT2D eigenvalue weighted by atomic mass is 9.86. The molecule has 28 heavy (non-hydrogen) atoms. The van der Waals surface area contributed by atoms with Gasteiger partial charge < -0.3 is 0 Å². The van der Waals surface area contributed by atoms with Gasteiger partial charge >= 0.3 is 0 Å². The lowest BCUT2D eigenvalue weighted by Gasteiger charge is -2.22. The predicted molar refractivity (Wildman–Crippen MR) is 89.5 cm³/mol. The van der Waals surface area contributed by atoms with E-state index in [-0.39, 0.29) is 0 Å². The van der Waals surface area contributed by atoms with Crippen LogP contribution < -0.4 is 0 Å². The van der Waals surface area contributed by atoms with Gasteiger partial charge in [0.25, 0.3) is 0 Å². The largest absolute Gasteiger partial charge is 0.203 e. The van der Waals surface area contributed by atoms with E-state index < -0.39 is 90.6 Å². The van der Waals surface area contributed by atoms with Crippen LogP contribution in [0.3, 0.4) is 0 Å². The fourth-order valence-electron chi connectivity index (χ4n) is 2.69. The summed E-state index contributed by atoms with van der Waals surface area (Å²) in [4.78, 5) is -2.89. The first-order valence-electron chi connectivity index (χ1n) is 8.11. The third kappa shape index (κ3) is 3.60. The SMILES string of the molecule is CC(C)c1c(F)c(F)c(Sc2c(F)c(F)c(C(C)(C)C)c(F)c2F)c(F)c1F. The molecule has 0 amide bonds. The Balaban J connectivity index is 2.75. The highest BCUT2D eigenvalue weighted by atomic mass is 32.2. The summed E-state index contributed by atoms with van der Waals surface area (Å²) in [5.74, 6) is -15.6. The van der Waals surface area contributed by atoms with Crippen LogP contribution in [0, 0.1) is 46.5 Å². The molecule has 0 aliphatic heterocycles. The fraction of sp³-hybridized carbons (Fsp3) is 0.368. The molecule has 0 spiro atoms. The van der Waals surface area contributed by atoms with E-state index in [9.17, 15) is 35.1 Å². The van der Waals surface area contributed by atoms with E-state index in [4.69, 9.17) is 0 Å². The highest BCUT2D eigenvalue weighted by molar-refractivity contribution is 7.99. The van der Waals surface area contributed by atoms with Gasteiger partial charge in [0.05, 0.1) is 9.79 Å². The van der Waals surface area contributed by atoms with Crippen LogP contribution in [0.2, 0.25) is 0 Å². The van der Waals surface area contributed by atoms with Gasteiger partial charge in [-0.15, -0.1) is 0 Å². The quantitative estimate of drug-likeness (QED) is 0.363. The second kappa shape index (κ2) is 7.57. The van der Waals surface area contributed by atoms with E-state index in [2.05, 4.69) is 0 Å². The molecule has 9 heteroatoms. The van der Waals surface area contributed by atoms with Crippen LogP contribution in [-0.4, -0.2) is 0 Å². The van der Waals surface area contributed by atoms with Crippen LogP contribution >= 0.6 is 11.8 Å². The van der Waals surface area contributed by atoms with Gasteiger partial charge in [0.15, 0.2) is 46.5 Å². The molecule has 0 aliphatic rings. The van der Waals surface area contributed by atoms with Gasteiger partial charge in [-0.2, -0.15) is 0 Å². The summed E-state index contributed by atoms with van der Waals surface area (Å²) in [6, 6.07) is 0. The maximum atomic E-state index is 14.4. The molecular formula is C19H16F8S. The van der Waals surface area contributed by atoms with Crippen molar-refractivity contribution in [3.05, 3.63) is 57.7 Å². The molecule has 0 nitrogen and oxygen atoms in total. The zero-order chi connectivity index (χ0) is 21.7. The van der Waals surface area contributed by atoms with Gasteiger partial charge in [0.2, 0.25) is 0 Å². The second-order valence-electron chi connectivity index (χ2n) is 7.47.